The number of rotatable bonds is 8. The molecule has 1 amide bonds. The highest BCUT2D eigenvalue weighted by molar-refractivity contribution is 5.81. The third kappa shape index (κ3) is 6.30. The Morgan fingerprint density at radius 1 is 1.50 bits per heavy atom. The van der Waals surface area contributed by atoms with E-state index >= 15 is 0 Å². The molecule has 0 aliphatic carbocycles. The third-order valence-corrected chi connectivity index (χ3v) is 2.75. The van der Waals surface area contributed by atoms with Crippen LogP contribution in [0.3, 0.4) is 0 Å². The molecule has 0 aromatic heterocycles. The second-order valence-electron chi connectivity index (χ2n) is 4.34. The molecule has 0 aromatic carbocycles. The van der Waals surface area contributed by atoms with Gasteiger partial charge in [-0.2, -0.15) is 0 Å². The van der Waals surface area contributed by atoms with Gasteiger partial charge in [0.15, 0.2) is 0 Å². The lowest BCUT2D eigenvalue weighted by molar-refractivity contribution is -0.123. The van der Waals surface area contributed by atoms with Gasteiger partial charge in [-0.05, 0) is 13.3 Å². The molecule has 0 bridgehead atoms. The number of nitrogens with one attached hydrogen (secondary N) is 2. The average Bonchev–Trinajstić information content (AvgIpc) is 2.42. The lowest BCUT2D eigenvalue weighted by Crippen LogP contribution is -2.47. The van der Waals surface area contributed by atoms with Gasteiger partial charge >= 0.3 is 0 Å². The van der Waals surface area contributed by atoms with Crippen LogP contribution >= 0.6 is 0 Å². The molecule has 1 aliphatic heterocycles. The van der Waals surface area contributed by atoms with Crippen LogP contribution in [-0.2, 0) is 19.0 Å². The fourth-order valence-corrected chi connectivity index (χ4v) is 1.64. The van der Waals surface area contributed by atoms with Crippen LogP contribution in [0.5, 0.6) is 0 Å². The molecule has 0 saturated carbocycles. The number of hydrogen-bond donors (Lipinski definition) is 2. The van der Waals surface area contributed by atoms with E-state index in [4.69, 9.17) is 14.2 Å². The van der Waals surface area contributed by atoms with Crippen LogP contribution in [0.15, 0.2) is 0 Å². The van der Waals surface area contributed by atoms with E-state index < -0.39 is 0 Å². The van der Waals surface area contributed by atoms with Crippen molar-refractivity contribution in [2.45, 2.75) is 25.5 Å². The Kier molecular flexibility index (Phi) is 7.91. The van der Waals surface area contributed by atoms with Gasteiger partial charge in [0.1, 0.15) is 0 Å². The Morgan fingerprint density at radius 3 is 3.00 bits per heavy atom. The molecule has 6 nitrogen and oxygen atoms in total. The fraction of sp³-hybridized carbons (Fsp3) is 0.917. The molecule has 2 N–H and O–H groups in total. The van der Waals surface area contributed by atoms with Gasteiger partial charge < -0.3 is 24.8 Å². The van der Waals surface area contributed by atoms with Gasteiger partial charge in [0.2, 0.25) is 5.91 Å². The van der Waals surface area contributed by atoms with E-state index in [-0.39, 0.29) is 18.1 Å². The summed E-state index contributed by atoms with van der Waals surface area (Å²) in [6.07, 6.45) is 0.872. The van der Waals surface area contributed by atoms with Gasteiger partial charge in [-0.15, -0.1) is 0 Å². The third-order valence-electron chi connectivity index (χ3n) is 2.75. The van der Waals surface area contributed by atoms with Gasteiger partial charge in [0, 0.05) is 26.8 Å². The minimum absolute atomic E-state index is 0.00262. The quantitative estimate of drug-likeness (QED) is 0.578. The van der Waals surface area contributed by atoms with E-state index in [0.29, 0.717) is 39.5 Å². The Bertz CT molecular complexity index is 232. The molecule has 1 fully saturated rings. The lowest BCUT2D eigenvalue weighted by atomic mass is 10.2. The van der Waals surface area contributed by atoms with E-state index in [9.17, 15) is 4.79 Å². The number of ether oxygens (including phenoxy) is 3. The summed E-state index contributed by atoms with van der Waals surface area (Å²) < 4.78 is 15.7. The predicted molar refractivity (Wildman–Crippen MR) is 67.5 cm³/mol. The summed E-state index contributed by atoms with van der Waals surface area (Å²) >= 11 is 0. The minimum atomic E-state index is -0.224. The number of methoxy groups -OCH3 is 1. The van der Waals surface area contributed by atoms with Crippen molar-refractivity contribution >= 4 is 5.91 Å². The SMILES string of the molecule is COCCCNC(=O)C(C)NCC1COCCO1. The molecular formula is C12H24N2O4. The number of amides is 1. The summed E-state index contributed by atoms with van der Waals surface area (Å²) in [5.74, 6) is 0.00262. The Labute approximate surface area is 108 Å². The van der Waals surface area contributed by atoms with Crippen molar-refractivity contribution in [3.8, 4) is 0 Å². The van der Waals surface area contributed by atoms with Crippen LogP contribution in [0.1, 0.15) is 13.3 Å². The second kappa shape index (κ2) is 9.27. The van der Waals surface area contributed by atoms with E-state index in [1.807, 2.05) is 6.92 Å². The number of carbonyl (C=O) groups excluding carboxylic acids is 1. The summed E-state index contributed by atoms with van der Waals surface area (Å²) in [7, 11) is 1.65. The minimum Gasteiger partial charge on any atom is -0.385 e. The summed E-state index contributed by atoms with van der Waals surface area (Å²) in [6.45, 7) is 5.66. The highest BCUT2D eigenvalue weighted by Crippen LogP contribution is 1.99. The molecule has 0 spiro atoms. The van der Waals surface area contributed by atoms with Crippen LogP contribution < -0.4 is 10.6 Å². The van der Waals surface area contributed by atoms with Gasteiger partial charge in [0.05, 0.1) is 32.0 Å². The molecule has 18 heavy (non-hydrogen) atoms. The first-order valence-corrected chi connectivity index (χ1v) is 6.43. The summed E-state index contributed by atoms with van der Waals surface area (Å²) in [5, 5.41) is 6.00. The second-order valence-corrected chi connectivity index (χ2v) is 4.34. The molecular weight excluding hydrogens is 236 g/mol. The Hall–Kier alpha value is -0.690. The topological polar surface area (TPSA) is 68.8 Å². The molecule has 0 radical (unpaired) electrons. The molecule has 1 saturated heterocycles. The van der Waals surface area contributed by atoms with Crippen LogP contribution in [0.25, 0.3) is 0 Å². The highest BCUT2D eigenvalue weighted by atomic mass is 16.6. The number of hydrogen-bond acceptors (Lipinski definition) is 5. The zero-order valence-corrected chi connectivity index (χ0v) is 11.2. The molecule has 1 heterocycles. The van der Waals surface area contributed by atoms with Crippen LogP contribution in [0.2, 0.25) is 0 Å². The van der Waals surface area contributed by atoms with Crippen molar-refractivity contribution in [2.24, 2.45) is 0 Å². The van der Waals surface area contributed by atoms with Gasteiger partial charge in [-0.1, -0.05) is 0 Å². The van der Waals surface area contributed by atoms with Crippen LogP contribution in [-0.4, -0.2) is 64.7 Å². The van der Waals surface area contributed by atoms with Gasteiger partial charge in [0.25, 0.3) is 0 Å². The van der Waals surface area contributed by atoms with E-state index in [2.05, 4.69) is 10.6 Å². The molecule has 106 valence electrons. The van der Waals surface area contributed by atoms with Crippen molar-refractivity contribution in [3.63, 3.8) is 0 Å². The summed E-state index contributed by atoms with van der Waals surface area (Å²) in [5.41, 5.74) is 0. The first kappa shape index (κ1) is 15.4. The molecule has 1 rings (SSSR count). The zero-order chi connectivity index (χ0) is 13.2. The van der Waals surface area contributed by atoms with Crippen LogP contribution in [0, 0.1) is 0 Å². The largest absolute Gasteiger partial charge is 0.385 e. The standard InChI is InChI=1S/C12H24N2O4/c1-10(12(15)13-4-3-5-16-2)14-8-11-9-17-6-7-18-11/h10-11,14H,3-9H2,1-2H3,(H,13,15). The summed E-state index contributed by atoms with van der Waals surface area (Å²) in [6, 6.07) is -0.224. The lowest BCUT2D eigenvalue weighted by Gasteiger charge is -2.24. The predicted octanol–water partition coefficient (Wildman–Crippen LogP) is -0.467. The average molecular weight is 260 g/mol. The van der Waals surface area contributed by atoms with Crippen molar-refractivity contribution in [3.05, 3.63) is 0 Å². The molecule has 2 unspecified atom stereocenters. The Morgan fingerprint density at radius 2 is 2.33 bits per heavy atom. The van der Waals surface area contributed by atoms with Crippen molar-refractivity contribution < 1.29 is 19.0 Å². The van der Waals surface area contributed by atoms with Gasteiger partial charge in [-0.25, -0.2) is 0 Å². The van der Waals surface area contributed by atoms with E-state index in [1.54, 1.807) is 7.11 Å². The normalized spacial score (nSPS) is 21.6. The van der Waals surface area contributed by atoms with Crippen LogP contribution in [0.4, 0.5) is 0 Å². The first-order valence-electron chi connectivity index (χ1n) is 6.43. The van der Waals surface area contributed by atoms with E-state index in [1.165, 1.54) is 0 Å². The maximum absolute atomic E-state index is 11.7. The maximum atomic E-state index is 11.7. The number of carbonyl (C=O) groups is 1. The van der Waals surface area contributed by atoms with Crippen molar-refractivity contribution in [1.82, 2.24) is 10.6 Å². The fourth-order valence-electron chi connectivity index (χ4n) is 1.64. The van der Waals surface area contributed by atoms with Crippen molar-refractivity contribution in [1.29, 1.82) is 0 Å². The van der Waals surface area contributed by atoms with Crippen molar-refractivity contribution in [2.75, 3.05) is 46.6 Å². The molecule has 0 aromatic rings. The summed E-state index contributed by atoms with van der Waals surface area (Å²) in [4.78, 5) is 11.7. The molecule has 2 atom stereocenters. The van der Waals surface area contributed by atoms with E-state index in [0.717, 1.165) is 6.42 Å². The highest BCUT2D eigenvalue weighted by Gasteiger charge is 2.17. The zero-order valence-electron chi connectivity index (χ0n) is 11.2. The Balaban J connectivity index is 2.07. The maximum Gasteiger partial charge on any atom is 0.236 e. The first-order chi connectivity index (χ1) is 8.74. The molecule has 6 heteroatoms. The smallest absolute Gasteiger partial charge is 0.236 e. The molecule has 1 aliphatic rings. The monoisotopic (exact) mass is 260 g/mol. The van der Waals surface area contributed by atoms with Gasteiger partial charge in [-0.3, -0.25) is 4.79 Å².